The number of allylic oxidation sites excluding steroid dienone is 1. The van der Waals surface area contributed by atoms with Gasteiger partial charge < -0.3 is 15.4 Å². The number of nitrogens with zero attached hydrogens (tertiary/aromatic N) is 3. The summed E-state index contributed by atoms with van der Waals surface area (Å²) in [4.78, 5) is 21.0. The van der Waals surface area contributed by atoms with E-state index in [1.807, 2.05) is 43.4 Å². The molecular formula is C23H28N6O2. The molecule has 1 fully saturated rings. The minimum Gasteiger partial charge on any atom is -0.453 e. The van der Waals surface area contributed by atoms with E-state index < -0.39 is 6.09 Å². The van der Waals surface area contributed by atoms with Crippen LogP contribution in [0.4, 0.5) is 4.79 Å². The maximum absolute atomic E-state index is 11.9. The number of carbonyl (C=O) groups is 1. The Labute approximate surface area is 182 Å². The topological polar surface area (TPSA) is 101 Å². The molecule has 3 heterocycles. The van der Waals surface area contributed by atoms with Crippen LogP contribution in [-0.2, 0) is 4.74 Å². The number of hydrogen-bond acceptors (Lipinski definition) is 7. The van der Waals surface area contributed by atoms with E-state index in [1.165, 1.54) is 12.7 Å². The third-order valence-corrected chi connectivity index (χ3v) is 6.04. The van der Waals surface area contributed by atoms with Crippen molar-refractivity contribution in [3.05, 3.63) is 65.8 Å². The van der Waals surface area contributed by atoms with E-state index in [1.54, 1.807) is 12.4 Å². The van der Waals surface area contributed by atoms with Crippen molar-refractivity contribution >= 4 is 17.5 Å². The van der Waals surface area contributed by atoms with Gasteiger partial charge in [-0.3, -0.25) is 15.4 Å². The van der Waals surface area contributed by atoms with Crippen LogP contribution in [0.5, 0.6) is 0 Å². The van der Waals surface area contributed by atoms with Gasteiger partial charge in [-0.2, -0.15) is 5.10 Å². The van der Waals surface area contributed by atoms with Crippen LogP contribution in [0.2, 0.25) is 0 Å². The molecule has 3 N–H and O–H groups in total. The number of rotatable bonds is 4. The van der Waals surface area contributed by atoms with E-state index >= 15 is 0 Å². The monoisotopic (exact) mass is 420 g/mol. The van der Waals surface area contributed by atoms with Crippen molar-refractivity contribution in [1.82, 2.24) is 26.0 Å². The zero-order valence-electron chi connectivity index (χ0n) is 17.8. The Morgan fingerprint density at radius 1 is 1.03 bits per heavy atom. The standard InChI is InChI=1S/C23H28N6O2/c1-24-17-11-9-15-16(10-12-18(17)27-23(30)31-2)22(20-8-4-6-14-26-20)29-28-21(15)19-7-3-5-13-25-19/h3-8,13-15,17-18,24,29H,9-12H2,1-2H3,(H,27,30). The Morgan fingerprint density at radius 3 is 2.42 bits per heavy atom. The van der Waals surface area contributed by atoms with Crippen LogP contribution >= 0.6 is 0 Å². The number of alkyl carbamates (subject to hydrolysis) is 1. The molecule has 0 bridgehead atoms. The number of hydrazone groups is 1. The molecule has 4 rings (SSSR count). The first-order chi connectivity index (χ1) is 15.2. The van der Waals surface area contributed by atoms with Crippen LogP contribution in [0, 0.1) is 5.92 Å². The summed E-state index contributed by atoms with van der Waals surface area (Å²) in [6, 6.07) is 11.9. The summed E-state index contributed by atoms with van der Waals surface area (Å²) in [6.45, 7) is 0. The Bertz CT molecular complexity index is 961. The molecule has 0 aromatic carbocycles. The molecule has 8 heteroatoms. The molecule has 0 radical (unpaired) electrons. The van der Waals surface area contributed by atoms with E-state index in [0.29, 0.717) is 0 Å². The predicted octanol–water partition coefficient (Wildman–Crippen LogP) is 2.70. The number of amides is 1. The lowest BCUT2D eigenvalue weighted by molar-refractivity contribution is 0.161. The minimum atomic E-state index is -0.404. The maximum atomic E-state index is 11.9. The third kappa shape index (κ3) is 4.59. The fraction of sp³-hybridized carbons (Fsp3) is 0.391. The van der Waals surface area contributed by atoms with E-state index in [2.05, 4.69) is 26.0 Å². The van der Waals surface area contributed by atoms with Crippen molar-refractivity contribution in [2.24, 2.45) is 11.0 Å². The zero-order valence-corrected chi connectivity index (χ0v) is 17.8. The Balaban J connectivity index is 1.71. The fourth-order valence-corrected chi connectivity index (χ4v) is 4.49. The second kappa shape index (κ2) is 9.70. The number of aromatic nitrogens is 2. The van der Waals surface area contributed by atoms with Crippen LogP contribution < -0.4 is 16.1 Å². The fourth-order valence-electron chi connectivity index (χ4n) is 4.49. The van der Waals surface area contributed by atoms with Crippen molar-refractivity contribution in [1.29, 1.82) is 0 Å². The van der Waals surface area contributed by atoms with Crippen molar-refractivity contribution in [2.45, 2.75) is 37.8 Å². The lowest BCUT2D eigenvalue weighted by atomic mass is 9.77. The van der Waals surface area contributed by atoms with Gasteiger partial charge in [0.25, 0.3) is 0 Å². The molecule has 3 atom stereocenters. The summed E-state index contributed by atoms with van der Waals surface area (Å²) in [5.41, 5.74) is 8.16. The quantitative estimate of drug-likeness (QED) is 0.703. The molecule has 1 aliphatic heterocycles. The molecule has 31 heavy (non-hydrogen) atoms. The number of hydrogen-bond donors (Lipinski definition) is 3. The van der Waals surface area contributed by atoms with Gasteiger partial charge in [0.05, 0.1) is 29.9 Å². The number of pyridine rings is 2. The first-order valence-electron chi connectivity index (χ1n) is 10.6. The highest BCUT2D eigenvalue weighted by Gasteiger charge is 2.35. The van der Waals surface area contributed by atoms with E-state index in [9.17, 15) is 4.79 Å². The normalized spacial score (nSPS) is 23.5. The van der Waals surface area contributed by atoms with Crippen LogP contribution in [0.3, 0.4) is 0 Å². The summed E-state index contributed by atoms with van der Waals surface area (Å²) in [6.07, 6.45) is 6.51. The third-order valence-electron chi connectivity index (χ3n) is 6.04. The van der Waals surface area contributed by atoms with Gasteiger partial charge in [0, 0.05) is 30.4 Å². The Morgan fingerprint density at radius 2 is 1.77 bits per heavy atom. The Hall–Kier alpha value is -3.26. The molecular weight excluding hydrogens is 392 g/mol. The second-order valence-corrected chi connectivity index (χ2v) is 7.75. The highest BCUT2D eigenvalue weighted by molar-refractivity contribution is 6.04. The van der Waals surface area contributed by atoms with Gasteiger partial charge in [-0.05, 0) is 62.6 Å². The molecule has 2 aromatic heterocycles. The lowest BCUT2D eigenvalue weighted by Crippen LogP contribution is -2.50. The van der Waals surface area contributed by atoms with E-state index in [-0.39, 0.29) is 18.0 Å². The van der Waals surface area contributed by atoms with Crippen molar-refractivity contribution in [2.75, 3.05) is 14.2 Å². The van der Waals surface area contributed by atoms with Gasteiger partial charge in [0.1, 0.15) is 0 Å². The van der Waals surface area contributed by atoms with Crippen LogP contribution in [0.1, 0.15) is 37.1 Å². The number of likely N-dealkylation sites (N-methyl/N-ethyl adjacent to an activating group) is 1. The second-order valence-electron chi connectivity index (χ2n) is 7.75. The molecule has 8 nitrogen and oxygen atoms in total. The highest BCUT2D eigenvalue weighted by atomic mass is 16.5. The smallest absolute Gasteiger partial charge is 0.407 e. The molecule has 1 aliphatic carbocycles. The molecule has 3 unspecified atom stereocenters. The maximum Gasteiger partial charge on any atom is 0.407 e. The van der Waals surface area contributed by atoms with E-state index in [0.717, 1.165) is 48.5 Å². The molecule has 1 amide bonds. The molecule has 162 valence electrons. The van der Waals surface area contributed by atoms with E-state index in [4.69, 9.17) is 9.84 Å². The molecule has 2 aliphatic rings. The number of nitrogens with one attached hydrogen (secondary N) is 3. The van der Waals surface area contributed by atoms with Gasteiger partial charge in [-0.1, -0.05) is 12.1 Å². The zero-order chi connectivity index (χ0) is 21.6. The first-order valence-corrected chi connectivity index (χ1v) is 10.6. The average molecular weight is 421 g/mol. The molecule has 0 saturated heterocycles. The van der Waals surface area contributed by atoms with Crippen molar-refractivity contribution in [3.8, 4) is 0 Å². The van der Waals surface area contributed by atoms with Crippen LogP contribution in [-0.4, -0.2) is 48.0 Å². The van der Waals surface area contributed by atoms with Crippen molar-refractivity contribution < 1.29 is 9.53 Å². The van der Waals surface area contributed by atoms with Gasteiger partial charge in [-0.15, -0.1) is 0 Å². The summed E-state index contributed by atoms with van der Waals surface area (Å²) < 4.78 is 4.85. The summed E-state index contributed by atoms with van der Waals surface area (Å²) >= 11 is 0. The summed E-state index contributed by atoms with van der Waals surface area (Å²) in [7, 11) is 3.33. The number of methoxy groups -OCH3 is 1. The Kier molecular flexibility index (Phi) is 6.57. The largest absolute Gasteiger partial charge is 0.453 e. The first kappa shape index (κ1) is 21.0. The SMILES string of the molecule is CNC1CCC2C(c3ccccn3)=NNC(c3ccccn3)=C2CCC1NC(=O)OC. The minimum absolute atomic E-state index is 0.0342. The number of carbonyl (C=O) groups excluding carboxylic acids is 1. The highest BCUT2D eigenvalue weighted by Crippen LogP contribution is 2.36. The number of ether oxygens (including phenoxy) is 1. The van der Waals surface area contributed by atoms with Crippen LogP contribution in [0.25, 0.3) is 5.70 Å². The van der Waals surface area contributed by atoms with Crippen molar-refractivity contribution in [3.63, 3.8) is 0 Å². The molecule has 0 spiro atoms. The predicted molar refractivity (Wildman–Crippen MR) is 119 cm³/mol. The van der Waals surface area contributed by atoms with Gasteiger partial charge in [0.15, 0.2) is 0 Å². The summed E-state index contributed by atoms with van der Waals surface area (Å²) in [5.74, 6) is 0.128. The summed E-state index contributed by atoms with van der Waals surface area (Å²) in [5, 5.41) is 11.1. The van der Waals surface area contributed by atoms with Gasteiger partial charge in [0.2, 0.25) is 0 Å². The molecule has 2 aromatic rings. The lowest BCUT2D eigenvalue weighted by Gasteiger charge is -2.36. The average Bonchev–Trinajstić information content (AvgIpc) is 2.82. The molecule has 1 saturated carbocycles. The van der Waals surface area contributed by atoms with Gasteiger partial charge >= 0.3 is 6.09 Å². The number of fused-ring (bicyclic) bond motifs is 1. The van der Waals surface area contributed by atoms with Crippen LogP contribution in [0.15, 0.2) is 59.5 Å². The van der Waals surface area contributed by atoms with Gasteiger partial charge in [-0.25, -0.2) is 4.79 Å².